The molecule has 7 nitrogen and oxygen atoms in total. The molecule has 3 rings (SSSR count). The Labute approximate surface area is 162 Å². The van der Waals surface area contributed by atoms with Gasteiger partial charge in [-0.05, 0) is 37.1 Å². The summed E-state index contributed by atoms with van der Waals surface area (Å²) in [5.41, 5.74) is 3.52. The van der Waals surface area contributed by atoms with Crippen LogP contribution in [0.3, 0.4) is 0 Å². The Hall–Kier alpha value is -2.87. The number of aromatic nitrogens is 4. The first kappa shape index (κ1) is 18.9. The smallest absolute Gasteiger partial charge is 0.230 e. The number of rotatable bonds is 8. The van der Waals surface area contributed by atoms with Crippen molar-refractivity contribution in [2.45, 2.75) is 19.0 Å². The van der Waals surface area contributed by atoms with Crippen molar-refractivity contribution in [2.75, 3.05) is 24.2 Å². The third kappa shape index (κ3) is 5.07. The summed E-state index contributed by atoms with van der Waals surface area (Å²) in [4.78, 5) is 24.6. The van der Waals surface area contributed by atoms with Crippen LogP contribution in [-0.4, -0.2) is 44.3 Å². The zero-order valence-electron chi connectivity index (χ0n) is 15.3. The number of nitrogens with zero attached hydrogens (tertiary/aromatic N) is 4. The summed E-state index contributed by atoms with van der Waals surface area (Å²) in [5.74, 6) is 0.826. The summed E-state index contributed by atoms with van der Waals surface area (Å²) in [5, 5.41) is 6.73. The van der Waals surface area contributed by atoms with Crippen LogP contribution >= 0.6 is 11.8 Å². The highest BCUT2D eigenvalue weighted by Gasteiger charge is 2.11. The summed E-state index contributed by atoms with van der Waals surface area (Å²) in [6.07, 6.45) is 7.02. The van der Waals surface area contributed by atoms with E-state index in [0.717, 1.165) is 10.8 Å². The number of imidazole rings is 1. The third-order valence-corrected chi connectivity index (χ3v) is 5.04. The van der Waals surface area contributed by atoms with Crippen molar-refractivity contribution in [3.8, 4) is 5.69 Å². The summed E-state index contributed by atoms with van der Waals surface area (Å²) in [6.45, 7) is 5.25. The molecule has 0 saturated heterocycles. The molecule has 2 N–H and O–H groups in total. The number of hydrogen-bond acceptors (Lipinski definition) is 6. The van der Waals surface area contributed by atoms with E-state index in [0.29, 0.717) is 24.8 Å². The van der Waals surface area contributed by atoms with Crippen LogP contribution in [0.15, 0.2) is 54.2 Å². The predicted octanol–water partition coefficient (Wildman–Crippen LogP) is 2.60. The van der Waals surface area contributed by atoms with Crippen molar-refractivity contribution in [2.24, 2.45) is 0 Å². The Morgan fingerprint density at radius 3 is 2.70 bits per heavy atom. The average Bonchev–Trinajstić information content (AvgIpc) is 3.15. The fraction of sp³-hybridized carbons (Fsp3) is 0.263. The summed E-state index contributed by atoms with van der Waals surface area (Å²) in [6, 6.07) is 7.94. The number of benzene rings is 1. The number of nitrogens with one attached hydrogen (secondary N) is 2. The highest BCUT2D eigenvalue weighted by molar-refractivity contribution is 7.99. The van der Waals surface area contributed by atoms with Gasteiger partial charge in [-0.15, -0.1) is 0 Å². The fourth-order valence-corrected chi connectivity index (χ4v) is 3.32. The van der Waals surface area contributed by atoms with Gasteiger partial charge < -0.3 is 10.6 Å². The fourth-order valence-electron chi connectivity index (χ4n) is 2.52. The van der Waals surface area contributed by atoms with Crippen LogP contribution in [0.5, 0.6) is 0 Å². The van der Waals surface area contributed by atoms with Gasteiger partial charge in [-0.1, -0.05) is 23.9 Å². The van der Waals surface area contributed by atoms with E-state index in [1.165, 1.54) is 22.9 Å². The van der Waals surface area contributed by atoms with Gasteiger partial charge in [0.15, 0.2) is 5.16 Å². The van der Waals surface area contributed by atoms with Gasteiger partial charge in [0.25, 0.3) is 0 Å². The highest BCUT2D eigenvalue weighted by Crippen LogP contribution is 2.24. The molecule has 8 heteroatoms. The van der Waals surface area contributed by atoms with Gasteiger partial charge in [0.2, 0.25) is 11.9 Å². The van der Waals surface area contributed by atoms with E-state index >= 15 is 0 Å². The van der Waals surface area contributed by atoms with Gasteiger partial charge in [-0.3, -0.25) is 9.36 Å². The number of thioether (sulfide) groups is 1. The van der Waals surface area contributed by atoms with E-state index < -0.39 is 0 Å². The standard InChI is InChI=1S/C19H22N6OS/c1-14-5-3-6-16(15(14)2)25-12-11-24-19(25)27-13-17(26)20-9-10-23-18-21-7-4-8-22-18/h3-8,11-12H,9-10,13H2,1-2H3,(H,20,26)(H,21,22,23). The van der Waals surface area contributed by atoms with Crippen LogP contribution in [0, 0.1) is 13.8 Å². The van der Waals surface area contributed by atoms with Gasteiger partial charge in [-0.2, -0.15) is 0 Å². The number of hydrogen-bond donors (Lipinski definition) is 2. The molecular formula is C19H22N6OS. The molecule has 140 valence electrons. The van der Waals surface area contributed by atoms with E-state index in [2.05, 4.69) is 51.6 Å². The maximum absolute atomic E-state index is 12.1. The van der Waals surface area contributed by atoms with Crippen molar-refractivity contribution >= 4 is 23.6 Å². The lowest BCUT2D eigenvalue weighted by atomic mass is 10.1. The molecule has 0 aliphatic carbocycles. The first-order valence-electron chi connectivity index (χ1n) is 8.65. The lowest BCUT2D eigenvalue weighted by Crippen LogP contribution is -2.30. The molecule has 0 radical (unpaired) electrons. The first-order valence-corrected chi connectivity index (χ1v) is 9.64. The van der Waals surface area contributed by atoms with Crippen molar-refractivity contribution in [1.29, 1.82) is 0 Å². The van der Waals surface area contributed by atoms with Gasteiger partial charge >= 0.3 is 0 Å². The quantitative estimate of drug-likeness (QED) is 0.460. The molecule has 1 amide bonds. The van der Waals surface area contributed by atoms with Gasteiger partial charge in [0.05, 0.1) is 11.4 Å². The second-order valence-corrected chi connectivity index (χ2v) is 6.88. The second-order valence-electron chi connectivity index (χ2n) is 5.94. The molecule has 0 saturated carbocycles. The number of aryl methyl sites for hydroxylation is 1. The minimum atomic E-state index is -0.0358. The van der Waals surface area contributed by atoms with E-state index in [-0.39, 0.29) is 5.91 Å². The number of amides is 1. The van der Waals surface area contributed by atoms with Crippen LogP contribution in [0.4, 0.5) is 5.95 Å². The minimum Gasteiger partial charge on any atom is -0.354 e. The average molecular weight is 382 g/mol. The Bertz CT molecular complexity index is 896. The van der Waals surface area contributed by atoms with Gasteiger partial charge in [-0.25, -0.2) is 15.0 Å². The van der Waals surface area contributed by atoms with E-state index in [9.17, 15) is 4.79 Å². The Balaban J connectivity index is 1.48. The van der Waals surface area contributed by atoms with Crippen LogP contribution in [-0.2, 0) is 4.79 Å². The number of carbonyl (C=O) groups excluding carboxylic acids is 1. The second kappa shape index (κ2) is 9.18. The van der Waals surface area contributed by atoms with Crippen LogP contribution in [0.1, 0.15) is 11.1 Å². The molecule has 27 heavy (non-hydrogen) atoms. The number of carbonyl (C=O) groups is 1. The predicted molar refractivity (Wildman–Crippen MR) is 107 cm³/mol. The van der Waals surface area contributed by atoms with Crippen LogP contribution in [0.2, 0.25) is 0 Å². The van der Waals surface area contributed by atoms with E-state index in [1.807, 2.05) is 16.8 Å². The maximum Gasteiger partial charge on any atom is 0.230 e. The van der Waals surface area contributed by atoms with Gasteiger partial charge in [0, 0.05) is 37.9 Å². The van der Waals surface area contributed by atoms with Crippen LogP contribution in [0.25, 0.3) is 5.69 Å². The Morgan fingerprint density at radius 1 is 1.07 bits per heavy atom. The zero-order chi connectivity index (χ0) is 19.1. The minimum absolute atomic E-state index is 0.0358. The first-order chi connectivity index (χ1) is 13.1. The molecule has 3 aromatic rings. The lowest BCUT2D eigenvalue weighted by Gasteiger charge is -2.12. The molecule has 0 spiro atoms. The van der Waals surface area contributed by atoms with Gasteiger partial charge in [0.1, 0.15) is 0 Å². The Kier molecular flexibility index (Phi) is 6.43. The maximum atomic E-state index is 12.1. The molecule has 0 aliphatic heterocycles. The Morgan fingerprint density at radius 2 is 1.89 bits per heavy atom. The molecule has 0 fully saturated rings. The largest absolute Gasteiger partial charge is 0.354 e. The topological polar surface area (TPSA) is 84.7 Å². The molecule has 0 aliphatic rings. The summed E-state index contributed by atoms with van der Waals surface area (Å²) in [7, 11) is 0. The molecule has 1 aromatic carbocycles. The SMILES string of the molecule is Cc1cccc(-n2ccnc2SCC(=O)NCCNc2ncccn2)c1C. The number of anilines is 1. The molecule has 2 heterocycles. The van der Waals surface area contributed by atoms with E-state index in [4.69, 9.17) is 0 Å². The van der Waals surface area contributed by atoms with Crippen molar-refractivity contribution in [3.63, 3.8) is 0 Å². The molecule has 0 bridgehead atoms. The van der Waals surface area contributed by atoms with Crippen molar-refractivity contribution < 1.29 is 4.79 Å². The molecule has 2 aromatic heterocycles. The monoisotopic (exact) mass is 382 g/mol. The summed E-state index contributed by atoms with van der Waals surface area (Å²) < 4.78 is 2.02. The molecule has 0 unspecified atom stereocenters. The molecule has 0 atom stereocenters. The lowest BCUT2D eigenvalue weighted by molar-refractivity contribution is -0.118. The summed E-state index contributed by atoms with van der Waals surface area (Å²) >= 11 is 1.42. The van der Waals surface area contributed by atoms with Crippen molar-refractivity contribution in [1.82, 2.24) is 24.8 Å². The normalized spacial score (nSPS) is 10.6. The van der Waals surface area contributed by atoms with Crippen LogP contribution < -0.4 is 10.6 Å². The van der Waals surface area contributed by atoms with E-state index in [1.54, 1.807) is 24.7 Å². The highest BCUT2D eigenvalue weighted by atomic mass is 32.2. The third-order valence-electron chi connectivity index (χ3n) is 4.07. The molecular weight excluding hydrogens is 360 g/mol. The van der Waals surface area contributed by atoms with Crippen molar-refractivity contribution in [3.05, 3.63) is 60.2 Å². The zero-order valence-corrected chi connectivity index (χ0v) is 16.2.